The molecule has 1 atom stereocenters. The number of pyridine rings is 1. The molecule has 9 heteroatoms. The molecule has 3 rings (SSSR count). The fraction of sp³-hybridized carbons (Fsp3) is 0.333. The topological polar surface area (TPSA) is 94.6 Å². The summed E-state index contributed by atoms with van der Waals surface area (Å²) in [6, 6.07) is 12.6. The van der Waals surface area contributed by atoms with E-state index in [1.807, 2.05) is 30.3 Å². The van der Waals surface area contributed by atoms with Crippen LogP contribution in [-0.2, 0) is 25.6 Å². The van der Waals surface area contributed by atoms with Crippen molar-refractivity contribution in [1.29, 1.82) is 0 Å². The molecule has 1 aromatic heterocycles. The van der Waals surface area contributed by atoms with Gasteiger partial charge in [-0.05, 0) is 57.0 Å². The molecule has 0 aliphatic heterocycles. The van der Waals surface area contributed by atoms with Crippen LogP contribution in [0.1, 0.15) is 45.0 Å². The maximum Gasteiger partial charge on any atom is 0.408 e. The number of carbonyl (C=O) groups is 1. The van der Waals surface area contributed by atoms with Gasteiger partial charge in [-0.3, -0.25) is 4.18 Å². The fourth-order valence-electron chi connectivity index (χ4n) is 3.43. The summed E-state index contributed by atoms with van der Waals surface area (Å²) >= 11 is 0. The van der Waals surface area contributed by atoms with Crippen LogP contribution in [0.3, 0.4) is 0 Å². The molecule has 1 amide bonds. The van der Waals surface area contributed by atoms with Crippen LogP contribution in [0, 0.1) is 5.82 Å². The van der Waals surface area contributed by atoms with E-state index in [1.165, 1.54) is 18.2 Å². The van der Waals surface area contributed by atoms with Gasteiger partial charge in [0.1, 0.15) is 11.4 Å². The third-order valence-electron chi connectivity index (χ3n) is 4.71. The number of nitrogens with one attached hydrogen (secondary N) is 1. The quantitative estimate of drug-likeness (QED) is 0.500. The predicted molar refractivity (Wildman–Crippen MR) is 125 cm³/mol. The van der Waals surface area contributed by atoms with Crippen molar-refractivity contribution in [3.8, 4) is 11.1 Å². The van der Waals surface area contributed by atoms with Crippen LogP contribution < -0.4 is 5.32 Å². The third kappa shape index (κ3) is 6.49. The Bertz CT molecular complexity index is 1270. The first-order chi connectivity index (χ1) is 15.3. The summed E-state index contributed by atoms with van der Waals surface area (Å²) < 4.78 is 48.2. The van der Waals surface area contributed by atoms with Gasteiger partial charge in [0.2, 0.25) is 0 Å². The molecule has 1 unspecified atom stereocenters. The second-order valence-electron chi connectivity index (χ2n) is 8.71. The van der Waals surface area contributed by atoms with Crippen LogP contribution in [0.25, 0.3) is 22.0 Å². The maximum absolute atomic E-state index is 14.2. The highest BCUT2D eigenvalue weighted by Crippen LogP contribution is 2.36. The van der Waals surface area contributed by atoms with Crippen LogP contribution in [0.15, 0.2) is 48.5 Å². The molecule has 0 spiro atoms. The first-order valence-electron chi connectivity index (χ1n) is 10.4. The van der Waals surface area contributed by atoms with E-state index in [0.717, 1.165) is 11.8 Å². The standard InChI is InChI=1S/C24H27FN2O5S/c1-15(26-23(28)32-24(2,3)4)22-21(16-9-7-6-8-10-16)19(14-31-33(5,29)30)18-13-17(25)11-12-20(18)27-22/h6-13,15H,14H2,1-5H3,(H,26,28). The van der Waals surface area contributed by atoms with E-state index in [1.54, 1.807) is 27.7 Å². The van der Waals surface area contributed by atoms with E-state index >= 15 is 0 Å². The Morgan fingerprint density at radius 2 is 1.82 bits per heavy atom. The summed E-state index contributed by atoms with van der Waals surface area (Å²) in [5.41, 5.74) is 1.95. The minimum absolute atomic E-state index is 0.322. The van der Waals surface area contributed by atoms with Crippen molar-refractivity contribution in [2.45, 2.75) is 45.9 Å². The lowest BCUT2D eigenvalue weighted by atomic mass is 9.92. The minimum Gasteiger partial charge on any atom is -0.444 e. The molecule has 1 heterocycles. The summed E-state index contributed by atoms with van der Waals surface area (Å²) in [5.74, 6) is -0.489. The molecule has 0 radical (unpaired) electrons. The molecular formula is C24H27FN2O5S. The van der Waals surface area contributed by atoms with E-state index in [2.05, 4.69) is 5.32 Å². The average Bonchev–Trinajstić information content (AvgIpc) is 2.69. The lowest BCUT2D eigenvalue weighted by molar-refractivity contribution is 0.0507. The SMILES string of the molecule is CC(NC(=O)OC(C)(C)C)c1nc2ccc(F)cc2c(COS(C)(=O)=O)c1-c1ccccc1. The number of rotatable bonds is 6. The van der Waals surface area contributed by atoms with Gasteiger partial charge in [-0.1, -0.05) is 30.3 Å². The van der Waals surface area contributed by atoms with E-state index in [4.69, 9.17) is 13.9 Å². The van der Waals surface area contributed by atoms with Crippen molar-refractivity contribution in [2.75, 3.05) is 6.26 Å². The third-order valence-corrected chi connectivity index (χ3v) is 5.25. The van der Waals surface area contributed by atoms with Crippen LogP contribution >= 0.6 is 0 Å². The van der Waals surface area contributed by atoms with E-state index in [-0.39, 0.29) is 6.61 Å². The number of ether oxygens (including phenoxy) is 1. The number of fused-ring (bicyclic) bond motifs is 1. The zero-order valence-corrected chi connectivity index (χ0v) is 20.0. The van der Waals surface area contributed by atoms with Gasteiger partial charge in [0.25, 0.3) is 10.1 Å². The first kappa shape index (κ1) is 24.6. The predicted octanol–water partition coefficient (Wildman–Crippen LogP) is 5.10. The van der Waals surface area contributed by atoms with E-state index in [9.17, 15) is 17.6 Å². The molecular weight excluding hydrogens is 447 g/mol. The summed E-state index contributed by atoms with van der Waals surface area (Å²) in [7, 11) is -3.78. The molecule has 3 aromatic rings. The van der Waals surface area contributed by atoms with Gasteiger partial charge in [-0.2, -0.15) is 8.42 Å². The number of carbonyl (C=O) groups excluding carboxylic acids is 1. The number of alkyl carbamates (subject to hydrolysis) is 1. The van der Waals surface area contributed by atoms with Gasteiger partial charge in [-0.25, -0.2) is 14.2 Å². The summed E-state index contributed by atoms with van der Waals surface area (Å²) in [6.45, 7) is 6.70. The summed E-state index contributed by atoms with van der Waals surface area (Å²) in [5, 5.41) is 3.20. The number of amides is 1. The lowest BCUT2D eigenvalue weighted by Gasteiger charge is -2.24. The molecule has 0 saturated heterocycles. The second-order valence-corrected chi connectivity index (χ2v) is 10.4. The van der Waals surface area contributed by atoms with Crippen molar-refractivity contribution >= 4 is 27.1 Å². The van der Waals surface area contributed by atoms with E-state index < -0.39 is 33.7 Å². The van der Waals surface area contributed by atoms with Gasteiger partial charge in [0.15, 0.2) is 0 Å². The van der Waals surface area contributed by atoms with Crippen molar-refractivity contribution < 1.29 is 26.5 Å². The highest BCUT2D eigenvalue weighted by molar-refractivity contribution is 7.85. The van der Waals surface area contributed by atoms with Crippen LogP contribution in [0.2, 0.25) is 0 Å². The zero-order chi connectivity index (χ0) is 24.4. The Kier molecular flexibility index (Phi) is 7.04. The molecule has 2 aromatic carbocycles. The maximum atomic E-state index is 14.2. The molecule has 176 valence electrons. The number of hydrogen-bond donors (Lipinski definition) is 1. The molecule has 0 aliphatic rings. The lowest BCUT2D eigenvalue weighted by Crippen LogP contribution is -2.34. The monoisotopic (exact) mass is 474 g/mol. The van der Waals surface area contributed by atoms with Crippen LogP contribution in [0.5, 0.6) is 0 Å². The van der Waals surface area contributed by atoms with Crippen molar-refractivity contribution in [3.63, 3.8) is 0 Å². The highest BCUT2D eigenvalue weighted by atomic mass is 32.2. The zero-order valence-electron chi connectivity index (χ0n) is 19.2. The Morgan fingerprint density at radius 1 is 1.15 bits per heavy atom. The van der Waals surface area contributed by atoms with Gasteiger partial charge in [0.05, 0.1) is 30.1 Å². The van der Waals surface area contributed by atoms with Crippen molar-refractivity contribution in [3.05, 3.63) is 65.6 Å². The normalized spacial score (nSPS) is 13.0. The van der Waals surface area contributed by atoms with E-state index in [0.29, 0.717) is 27.7 Å². The molecule has 1 N–H and O–H groups in total. The molecule has 7 nitrogen and oxygen atoms in total. The smallest absolute Gasteiger partial charge is 0.408 e. The number of nitrogens with zero attached hydrogens (tertiary/aromatic N) is 1. The summed E-state index contributed by atoms with van der Waals surface area (Å²) in [4.78, 5) is 17.1. The molecule has 0 bridgehead atoms. The van der Waals surface area contributed by atoms with Crippen LogP contribution in [0.4, 0.5) is 9.18 Å². The second kappa shape index (κ2) is 9.44. The molecule has 0 saturated carbocycles. The van der Waals surface area contributed by atoms with Crippen molar-refractivity contribution in [1.82, 2.24) is 10.3 Å². The number of hydrogen-bond acceptors (Lipinski definition) is 6. The Hall–Kier alpha value is -3.04. The molecule has 33 heavy (non-hydrogen) atoms. The Balaban J connectivity index is 2.23. The van der Waals surface area contributed by atoms with Gasteiger partial charge in [0, 0.05) is 10.9 Å². The summed E-state index contributed by atoms with van der Waals surface area (Å²) in [6.07, 6.45) is 0.330. The highest BCUT2D eigenvalue weighted by Gasteiger charge is 2.25. The van der Waals surface area contributed by atoms with Gasteiger partial charge >= 0.3 is 6.09 Å². The van der Waals surface area contributed by atoms with Crippen LogP contribution in [-0.4, -0.2) is 31.4 Å². The minimum atomic E-state index is -3.78. The van der Waals surface area contributed by atoms with Crippen molar-refractivity contribution in [2.24, 2.45) is 0 Å². The number of aromatic nitrogens is 1. The Labute approximate surface area is 193 Å². The van der Waals surface area contributed by atoms with Gasteiger partial charge in [-0.15, -0.1) is 0 Å². The molecule has 0 aliphatic carbocycles. The Morgan fingerprint density at radius 3 is 2.42 bits per heavy atom. The largest absolute Gasteiger partial charge is 0.444 e. The molecule has 0 fully saturated rings. The van der Waals surface area contributed by atoms with Gasteiger partial charge < -0.3 is 10.1 Å². The number of benzene rings is 2. The average molecular weight is 475 g/mol. The number of halogens is 1. The first-order valence-corrected chi connectivity index (χ1v) is 12.2. The fourth-order valence-corrected chi connectivity index (χ4v) is 3.76.